The minimum atomic E-state index is -0.422. The molecule has 0 atom stereocenters. The van der Waals surface area contributed by atoms with Crippen molar-refractivity contribution in [2.24, 2.45) is 0 Å². The molecule has 3 heterocycles. The summed E-state index contributed by atoms with van der Waals surface area (Å²) >= 11 is 2.98. The summed E-state index contributed by atoms with van der Waals surface area (Å²) in [4.78, 5) is 33.1. The Bertz CT molecular complexity index is 1400. The van der Waals surface area contributed by atoms with E-state index in [2.05, 4.69) is 0 Å². The minimum absolute atomic E-state index is 0.0675. The van der Waals surface area contributed by atoms with Gasteiger partial charge in [0.25, 0.3) is 5.56 Å². The number of furan rings is 1. The van der Waals surface area contributed by atoms with Crippen molar-refractivity contribution in [2.45, 2.75) is 43.5 Å². The molecule has 0 saturated carbocycles. The van der Waals surface area contributed by atoms with Gasteiger partial charge in [-0.25, -0.2) is 9.78 Å². The van der Waals surface area contributed by atoms with Crippen LogP contribution in [0.3, 0.4) is 0 Å². The Balaban J connectivity index is 1.59. The summed E-state index contributed by atoms with van der Waals surface area (Å²) < 4.78 is 17.6. The molecule has 0 N–H and O–H groups in total. The molecule has 0 bridgehead atoms. The second kappa shape index (κ2) is 9.68. The molecule has 0 fully saturated rings. The van der Waals surface area contributed by atoms with Crippen molar-refractivity contribution in [1.29, 1.82) is 0 Å². The number of ether oxygens (including phenoxy) is 2. The molecule has 4 aromatic rings. The molecule has 0 aliphatic heterocycles. The Kier molecular flexibility index (Phi) is 6.47. The van der Waals surface area contributed by atoms with Crippen molar-refractivity contribution >= 4 is 39.3 Å². The molecule has 0 unspecified atom stereocenters. The maximum Gasteiger partial charge on any atom is 0.341 e. The van der Waals surface area contributed by atoms with Crippen LogP contribution >= 0.6 is 23.1 Å². The quantitative estimate of drug-likeness (QED) is 0.192. The van der Waals surface area contributed by atoms with Gasteiger partial charge in [-0.3, -0.25) is 9.36 Å². The van der Waals surface area contributed by atoms with Crippen LogP contribution < -0.4 is 10.3 Å². The smallest absolute Gasteiger partial charge is 0.341 e. The van der Waals surface area contributed by atoms with Gasteiger partial charge in [-0.2, -0.15) is 0 Å². The predicted molar refractivity (Wildman–Crippen MR) is 133 cm³/mol. The van der Waals surface area contributed by atoms with E-state index in [-0.39, 0.29) is 12.2 Å². The monoisotopic (exact) mass is 496 g/mol. The van der Waals surface area contributed by atoms with E-state index in [4.69, 9.17) is 18.9 Å². The Morgan fingerprint density at radius 2 is 2.00 bits per heavy atom. The van der Waals surface area contributed by atoms with E-state index in [9.17, 15) is 9.59 Å². The summed E-state index contributed by atoms with van der Waals surface area (Å²) in [5.74, 6) is 1.11. The normalized spacial score (nSPS) is 13.1. The van der Waals surface area contributed by atoms with Gasteiger partial charge < -0.3 is 13.9 Å². The first-order chi connectivity index (χ1) is 16.6. The molecule has 0 spiro atoms. The molecule has 7 nitrogen and oxygen atoms in total. The Morgan fingerprint density at radius 1 is 1.21 bits per heavy atom. The number of benzene rings is 1. The number of aromatic nitrogens is 2. The molecule has 5 rings (SSSR count). The Labute approximate surface area is 204 Å². The first-order valence-corrected chi connectivity index (χ1v) is 13.0. The maximum atomic E-state index is 13.8. The summed E-state index contributed by atoms with van der Waals surface area (Å²) in [5.41, 5.74) is 2.18. The third-order valence-corrected chi connectivity index (χ3v) is 7.99. The molecule has 3 aromatic heterocycles. The predicted octanol–water partition coefficient (Wildman–Crippen LogP) is 5.40. The summed E-state index contributed by atoms with van der Waals surface area (Å²) in [6.07, 6.45) is 5.62. The van der Waals surface area contributed by atoms with Gasteiger partial charge in [0.1, 0.15) is 21.9 Å². The fourth-order valence-corrected chi connectivity index (χ4v) is 6.48. The fraction of sp³-hybridized carbons (Fsp3) is 0.320. The summed E-state index contributed by atoms with van der Waals surface area (Å²) in [5, 5.41) is 1.28. The van der Waals surface area contributed by atoms with Crippen molar-refractivity contribution < 1.29 is 18.7 Å². The number of rotatable bonds is 7. The number of carbonyl (C=O) groups excluding carboxylic acids is 1. The van der Waals surface area contributed by atoms with Crippen LogP contribution in [0.2, 0.25) is 0 Å². The van der Waals surface area contributed by atoms with E-state index < -0.39 is 5.97 Å². The molecule has 9 heteroatoms. The molecule has 176 valence electrons. The zero-order valence-corrected chi connectivity index (χ0v) is 20.6. The molecule has 1 aromatic carbocycles. The average molecular weight is 497 g/mol. The van der Waals surface area contributed by atoms with Crippen LogP contribution in [0.4, 0.5) is 0 Å². The van der Waals surface area contributed by atoms with Gasteiger partial charge in [-0.1, -0.05) is 11.8 Å². The van der Waals surface area contributed by atoms with Gasteiger partial charge >= 0.3 is 5.97 Å². The van der Waals surface area contributed by atoms with Crippen molar-refractivity contribution in [3.05, 3.63) is 68.7 Å². The van der Waals surface area contributed by atoms with Crippen molar-refractivity contribution in [2.75, 3.05) is 13.7 Å². The van der Waals surface area contributed by atoms with Crippen molar-refractivity contribution in [1.82, 2.24) is 9.55 Å². The topological polar surface area (TPSA) is 83.6 Å². The lowest BCUT2D eigenvalue weighted by Gasteiger charge is -2.14. The molecule has 0 radical (unpaired) electrons. The molecule has 0 amide bonds. The number of aryl methyl sites for hydroxylation is 2. The number of nitrogens with zero attached hydrogens (tertiary/aromatic N) is 2. The molecule has 1 aliphatic rings. The minimum Gasteiger partial charge on any atom is -0.497 e. The Morgan fingerprint density at radius 3 is 2.76 bits per heavy atom. The highest BCUT2D eigenvalue weighted by Gasteiger charge is 2.24. The van der Waals surface area contributed by atoms with E-state index in [1.165, 1.54) is 22.9 Å². The number of methoxy groups -OCH3 is 1. The highest BCUT2D eigenvalue weighted by Crippen LogP contribution is 2.36. The zero-order valence-electron chi connectivity index (χ0n) is 19.0. The lowest BCUT2D eigenvalue weighted by atomic mass is 9.97. The number of hydrogen-bond donors (Lipinski definition) is 0. The van der Waals surface area contributed by atoms with Crippen LogP contribution in [-0.2, 0) is 23.3 Å². The van der Waals surface area contributed by atoms with E-state index >= 15 is 0 Å². The number of thioether (sulfide) groups is 1. The van der Waals surface area contributed by atoms with Gasteiger partial charge in [-0.05, 0) is 68.5 Å². The van der Waals surface area contributed by atoms with E-state index in [0.29, 0.717) is 33.7 Å². The number of carbonyl (C=O) groups is 1. The first kappa shape index (κ1) is 22.7. The van der Waals surface area contributed by atoms with Crippen molar-refractivity contribution in [3.63, 3.8) is 0 Å². The average Bonchev–Trinajstić information content (AvgIpc) is 3.47. The fourth-order valence-electron chi connectivity index (χ4n) is 4.22. The second-order valence-corrected chi connectivity index (χ2v) is 9.92. The SMILES string of the molecule is CCOC(=O)c1ccoc1CSc1nc2sc3c(c2c(=O)n1-c1ccc(OC)cc1)CCCC3. The third-order valence-electron chi connectivity index (χ3n) is 5.86. The van der Waals surface area contributed by atoms with Gasteiger partial charge in [0.15, 0.2) is 5.16 Å². The third kappa shape index (κ3) is 4.14. The van der Waals surface area contributed by atoms with Crippen LogP contribution in [0.5, 0.6) is 5.75 Å². The number of fused-ring (bicyclic) bond motifs is 3. The van der Waals surface area contributed by atoms with Gasteiger partial charge in [0.2, 0.25) is 0 Å². The number of thiophene rings is 1. The lowest BCUT2D eigenvalue weighted by molar-refractivity contribution is 0.0524. The molecule has 1 aliphatic carbocycles. The summed E-state index contributed by atoms with van der Waals surface area (Å²) in [6.45, 7) is 2.05. The highest BCUT2D eigenvalue weighted by molar-refractivity contribution is 7.98. The lowest BCUT2D eigenvalue weighted by Crippen LogP contribution is -2.22. The van der Waals surface area contributed by atoms with Crippen LogP contribution in [0.15, 0.2) is 51.0 Å². The number of esters is 1. The van der Waals surface area contributed by atoms with E-state index in [0.717, 1.165) is 41.5 Å². The molecular formula is C25H24N2O5S2. The summed E-state index contributed by atoms with van der Waals surface area (Å²) in [7, 11) is 1.61. The van der Waals surface area contributed by atoms with Gasteiger partial charge in [0.05, 0.1) is 36.8 Å². The highest BCUT2D eigenvalue weighted by atomic mass is 32.2. The van der Waals surface area contributed by atoms with Gasteiger partial charge in [-0.15, -0.1) is 11.3 Å². The maximum absolute atomic E-state index is 13.8. The molecule has 0 saturated heterocycles. The van der Waals surface area contributed by atoms with Crippen LogP contribution in [0.1, 0.15) is 46.3 Å². The Hall–Kier alpha value is -3.04. The largest absolute Gasteiger partial charge is 0.497 e. The zero-order chi connectivity index (χ0) is 23.7. The second-order valence-electron chi connectivity index (χ2n) is 7.89. The molecular weight excluding hydrogens is 472 g/mol. The molecule has 34 heavy (non-hydrogen) atoms. The number of hydrogen-bond acceptors (Lipinski definition) is 8. The van der Waals surface area contributed by atoms with Crippen LogP contribution in [0, 0.1) is 0 Å². The summed E-state index contributed by atoms with van der Waals surface area (Å²) in [6, 6.07) is 8.97. The van der Waals surface area contributed by atoms with Gasteiger partial charge in [0, 0.05) is 4.88 Å². The van der Waals surface area contributed by atoms with Crippen LogP contribution in [0.25, 0.3) is 15.9 Å². The van der Waals surface area contributed by atoms with E-state index in [1.807, 2.05) is 24.3 Å². The van der Waals surface area contributed by atoms with Crippen molar-refractivity contribution in [3.8, 4) is 11.4 Å². The van der Waals surface area contributed by atoms with E-state index in [1.54, 1.807) is 36.0 Å². The standard InChI is InChI=1S/C25H24N2O5S2/c1-3-31-24(29)17-12-13-32-19(17)14-33-25-26-22-21(18-6-4-5-7-20(18)34-22)23(28)27(25)15-8-10-16(30-2)11-9-15/h8-13H,3-7,14H2,1-2H3. The van der Waals surface area contributed by atoms with Crippen LogP contribution in [-0.4, -0.2) is 29.2 Å². The first-order valence-electron chi connectivity index (χ1n) is 11.2.